The maximum atomic E-state index is 8.25. The Balaban J connectivity index is -0.0000000270. The first-order valence-corrected chi connectivity index (χ1v) is 1.64. The van der Waals surface area contributed by atoms with Crippen LogP contribution >= 0.6 is 0 Å². The predicted octanol–water partition coefficient (Wildman–Crippen LogP) is -0.722. The van der Waals surface area contributed by atoms with E-state index in [9.17, 15) is 0 Å². The van der Waals surface area contributed by atoms with Gasteiger partial charge >= 0.3 is 41.2 Å². The largest absolute Gasteiger partial charge is 2.00 e. The molecule has 0 aliphatic heterocycles. The molecule has 0 aromatic rings. The molecule has 0 aromatic carbocycles. The van der Waals surface area contributed by atoms with E-state index in [4.69, 9.17) is 46.0 Å². The Morgan fingerprint density at radius 1 is 0.571 bits per heavy atom. The van der Waals surface area contributed by atoms with Crippen LogP contribution in [0, 0.1) is 46.0 Å². The van der Waals surface area contributed by atoms with Crippen molar-refractivity contribution in [1.29, 1.82) is 0 Å². The van der Waals surface area contributed by atoms with Gasteiger partial charge in [-0.25, -0.2) is 0 Å². The van der Waals surface area contributed by atoms with Crippen molar-refractivity contribution in [3.63, 3.8) is 0 Å². The Bertz CT molecular complexity index is 118. The van der Waals surface area contributed by atoms with Gasteiger partial charge in [-0.3, -0.25) is 0 Å². The molecule has 0 atom stereocenters. The first-order valence-electron chi connectivity index (χ1n) is 1.64. The number of nitrogens with zero attached hydrogens (tertiary/aromatic N) is 3. The second kappa shape index (κ2) is 22.6. The minimum atomic E-state index is -1.75. The summed E-state index contributed by atoms with van der Waals surface area (Å²) in [6.45, 7) is 0. The molecule has 0 heterocycles. The van der Waals surface area contributed by atoms with Crippen molar-refractivity contribution in [2.75, 3.05) is 0 Å². The van der Waals surface area contributed by atoms with Crippen LogP contribution in [-0.2, 0) is 41.2 Å². The summed E-state index contributed by atoms with van der Waals surface area (Å²) in [6.07, 6.45) is 0. The Kier molecular flexibility index (Phi) is 47.4. The fourth-order valence-electron chi connectivity index (χ4n) is 0. The molecule has 0 N–H and O–H groups in total. The van der Waals surface area contributed by atoms with Gasteiger partial charge in [-0.1, -0.05) is 0 Å². The van der Waals surface area contributed by atoms with Gasteiger partial charge in [0.1, 0.15) is 0 Å². The van der Waals surface area contributed by atoms with Gasteiger partial charge in [-0.05, 0) is 0 Å². The van der Waals surface area contributed by atoms with Gasteiger partial charge in [0.05, 0.1) is 15.3 Å². The second-order valence-corrected chi connectivity index (χ2v) is 0.671. The van der Waals surface area contributed by atoms with Gasteiger partial charge in [-0.2, -0.15) is 0 Å². The van der Waals surface area contributed by atoms with Crippen molar-refractivity contribution < 1.29 is 42.9 Å². The van der Waals surface area contributed by atoms with Crippen LogP contribution in [0.25, 0.3) is 0 Å². The minimum absolute atomic E-state index is 0. The second-order valence-electron chi connectivity index (χ2n) is 0.671. The maximum absolute atomic E-state index is 8.25. The summed E-state index contributed by atoms with van der Waals surface area (Å²) in [5.41, 5.74) is 0. The molecule has 12 nitrogen and oxygen atoms in total. The average Bonchev–Trinajstić information content (AvgIpc) is 1.54. The number of hydrogen-bond donors (Lipinski definition) is 0. The Morgan fingerprint density at radius 2 is 0.571 bits per heavy atom. The van der Waals surface area contributed by atoms with Gasteiger partial charge in [0.25, 0.3) is 0 Å². The summed E-state index contributed by atoms with van der Waals surface area (Å²) >= 11 is 0. The fourth-order valence-corrected chi connectivity index (χ4v) is 0. The molecule has 14 heteroatoms. The average molecular weight is 419 g/mol. The van der Waals surface area contributed by atoms with Crippen LogP contribution in [0.15, 0.2) is 0 Å². The van der Waals surface area contributed by atoms with Crippen LogP contribution in [0.3, 0.4) is 0 Å². The van der Waals surface area contributed by atoms with Crippen LogP contribution in [0.1, 0.15) is 0 Å². The molecule has 0 saturated carbocycles. The normalized spacial score (nSPS) is 5.14. The van der Waals surface area contributed by atoms with Crippen molar-refractivity contribution in [3.05, 3.63) is 46.0 Å². The number of rotatable bonds is 0. The summed E-state index contributed by atoms with van der Waals surface area (Å²) < 4.78 is 0. The molecule has 0 bridgehead atoms. The van der Waals surface area contributed by atoms with Gasteiger partial charge < -0.3 is 46.0 Å². The monoisotopic (exact) mass is 420 g/mol. The molecule has 0 fully saturated rings. The Morgan fingerprint density at radius 3 is 0.571 bits per heavy atom. The molecule has 0 saturated heterocycles. The van der Waals surface area contributed by atoms with E-state index >= 15 is 0 Å². The van der Waals surface area contributed by atoms with Gasteiger partial charge in [0.2, 0.25) is 0 Å². The number of hydrogen-bond acceptors (Lipinski definition) is 9. The maximum Gasteiger partial charge on any atom is 2.00 e. The van der Waals surface area contributed by atoms with Crippen LogP contribution in [0.5, 0.6) is 0 Å². The zero-order valence-electron chi connectivity index (χ0n) is 6.13. The SMILES string of the molecule is O=[N+]([O-])[O-].O=[N+]([O-])[O-].O=[N+]([O-])[O-].[Hg+].[S+2]. The zero-order valence-corrected chi connectivity index (χ0v) is 12.4. The van der Waals surface area contributed by atoms with Crippen molar-refractivity contribution in [1.82, 2.24) is 0 Å². The first kappa shape index (κ1) is 29.3. The first-order chi connectivity index (χ1) is 5.20. The third-order valence-corrected chi connectivity index (χ3v) is 0. The van der Waals surface area contributed by atoms with Crippen molar-refractivity contribution in [2.45, 2.75) is 0 Å². The van der Waals surface area contributed by atoms with Crippen LogP contribution in [0.4, 0.5) is 0 Å². The van der Waals surface area contributed by atoms with E-state index in [-0.39, 0.29) is 41.2 Å². The smallest absolute Gasteiger partial charge is 0.356 e. The molecule has 0 unspecified atom stereocenters. The third-order valence-electron chi connectivity index (χ3n) is 0. The van der Waals surface area contributed by atoms with Gasteiger partial charge in [0, 0.05) is 0 Å². The van der Waals surface area contributed by atoms with E-state index in [1.165, 1.54) is 0 Å². The summed E-state index contributed by atoms with van der Waals surface area (Å²) in [4.78, 5) is 24.8. The molecule has 0 aliphatic rings. The molecule has 0 aliphatic carbocycles. The van der Waals surface area contributed by atoms with E-state index < -0.39 is 15.3 Å². The van der Waals surface area contributed by atoms with Crippen molar-refractivity contribution in [2.24, 2.45) is 0 Å². The molecule has 0 rings (SSSR count). The van der Waals surface area contributed by atoms with Crippen LogP contribution < -0.4 is 0 Å². The quantitative estimate of drug-likeness (QED) is 0.276. The molecular weight excluding hydrogens is 419 g/mol. The van der Waals surface area contributed by atoms with E-state index in [0.717, 1.165) is 0 Å². The van der Waals surface area contributed by atoms with Gasteiger partial charge in [-0.15, -0.1) is 0 Å². The molecular formula is HgN3O9S. The fraction of sp³-hybridized carbons (Fsp3) is 0. The predicted molar refractivity (Wildman–Crippen MR) is 38.4 cm³/mol. The topological polar surface area (TPSA) is 199 Å². The molecule has 14 heavy (non-hydrogen) atoms. The summed E-state index contributed by atoms with van der Waals surface area (Å²) in [7, 11) is 0. The van der Waals surface area contributed by atoms with Gasteiger partial charge in [0.15, 0.2) is 0 Å². The third kappa shape index (κ3) is 856. The van der Waals surface area contributed by atoms with E-state index in [1.807, 2.05) is 0 Å². The van der Waals surface area contributed by atoms with E-state index in [0.29, 0.717) is 0 Å². The molecule has 5 radical (unpaired) electrons. The Hall–Kier alpha value is -1.11. The van der Waals surface area contributed by atoms with E-state index in [1.54, 1.807) is 0 Å². The standard InChI is InChI=1S/Hg.3NO3.S/c;3*2-1(3)4;/q+1;3*-1;+2. The zero-order chi connectivity index (χ0) is 10.7. The molecule has 0 amide bonds. The van der Waals surface area contributed by atoms with Crippen molar-refractivity contribution in [3.8, 4) is 0 Å². The summed E-state index contributed by atoms with van der Waals surface area (Å²) in [6, 6.07) is 0. The molecule has 0 spiro atoms. The minimum Gasteiger partial charge on any atom is -0.356 e. The Labute approximate surface area is 102 Å². The van der Waals surface area contributed by atoms with Crippen LogP contribution in [0.2, 0.25) is 0 Å². The van der Waals surface area contributed by atoms with Crippen LogP contribution in [-0.4, -0.2) is 15.3 Å². The summed E-state index contributed by atoms with van der Waals surface area (Å²) in [5, 5.41) is 44.2. The summed E-state index contributed by atoms with van der Waals surface area (Å²) in [5.74, 6) is 0. The molecule has 77 valence electrons. The molecule has 0 aromatic heterocycles. The van der Waals surface area contributed by atoms with Crippen molar-refractivity contribution >= 4 is 13.5 Å². The van der Waals surface area contributed by atoms with E-state index in [2.05, 4.69) is 0 Å².